The number of halogens is 3. The van der Waals surface area contributed by atoms with E-state index in [2.05, 4.69) is 10.4 Å². The van der Waals surface area contributed by atoms with Gasteiger partial charge in [0.2, 0.25) is 5.91 Å². The van der Waals surface area contributed by atoms with Crippen molar-refractivity contribution in [1.29, 1.82) is 0 Å². The Morgan fingerprint density at radius 2 is 1.86 bits per heavy atom. The lowest BCUT2D eigenvalue weighted by atomic mass is 9.95. The second-order valence-electron chi connectivity index (χ2n) is 9.04. The van der Waals surface area contributed by atoms with E-state index in [0.29, 0.717) is 49.5 Å². The van der Waals surface area contributed by atoms with Crippen LogP contribution in [0, 0.1) is 5.92 Å². The van der Waals surface area contributed by atoms with Crippen LogP contribution in [0.4, 0.5) is 13.2 Å². The van der Waals surface area contributed by atoms with Gasteiger partial charge in [0, 0.05) is 24.9 Å². The molecule has 1 aliphatic heterocycles. The number of piperidine rings is 1. The number of benzene rings is 1. The minimum Gasteiger partial charge on any atom is -0.467 e. The Bertz CT molecular complexity index is 1210. The molecule has 10 heteroatoms. The van der Waals surface area contributed by atoms with E-state index in [1.165, 1.54) is 16.9 Å². The first-order valence-corrected chi connectivity index (χ1v) is 11.7. The van der Waals surface area contributed by atoms with Crippen LogP contribution in [0.1, 0.15) is 59.0 Å². The second-order valence-corrected chi connectivity index (χ2v) is 9.04. The highest BCUT2D eigenvalue weighted by molar-refractivity contribution is 5.96. The summed E-state index contributed by atoms with van der Waals surface area (Å²) >= 11 is 0. The highest BCUT2D eigenvalue weighted by atomic mass is 19.4. The van der Waals surface area contributed by atoms with Crippen LogP contribution >= 0.6 is 0 Å². The van der Waals surface area contributed by atoms with Crippen molar-refractivity contribution in [3.63, 3.8) is 0 Å². The van der Waals surface area contributed by atoms with E-state index in [9.17, 15) is 22.8 Å². The molecule has 1 N–H and O–H groups in total. The van der Waals surface area contributed by atoms with Gasteiger partial charge in [-0.15, -0.1) is 0 Å². The van der Waals surface area contributed by atoms with Gasteiger partial charge in [-0.25, -0.2) is 4.68 Å². The number of hydrogen-bond acceptors (Lipinski definition) is 4. The second kappa shape index (κ2) is 9.24. The summed E-state index contributed by atoms with van der Waals surface area (Å²) in [5.74, 6) is 0.320. The van der Waals surface area contributed by atoms with Gasteiger partial charge in [-0.05, 0) is 56.0 Å². The minimum absolute atomic E-state index is 0.0652. The van der Waals surface area contributed by atoms with Crippen LogP contribution in [-0.2, 0) is 17.5 Å². The molecule has 184 valence electrons. The van der Waals surface area contributed by atoms with Gasteiger partial charge in [-0.1, -0.05) is 6.07 Å². The lowest BCUT2D eigenvalue weighted by Gasteiger charge is -2.31. The van der Waals surface area contributed by atoms with E-state index in [1.807, 2.05) is 0 Å². The quantitative estimate of drug-likeness (QED) is 0.555. The van der Waals surface area contributed by atoms with Crippen LogP contribution in [0.2, 0.25) is 0 Å². The SMILES string of the molecule is O=C(NCc1ccco1)C1CCN(C(=O)c2cnn(-c3cccc(C(F)(F)F)c3)c2C2CC2)CC1. The third-order valence-corrected chi connectivity index (χ3v) is 6.59. The number of nitrogens with one attached hydrogen (secondary N) is 1. The van der Waals surface area contributed by atoms with Crippen LogP contribution in [-0.4, -0.2) is 39.6 Å². The summed E-state index contributed by atoms with van der Waals surface area (Å²) < 4.78 is 46.3. The summed E-state index contributed by atoms with van der Waals surface area (Å²) in [6.07, 6.45) is 1.35. The lowest BCUT2D eigenvalue weighted by Crippen LogP contribution is -2.43. The average molecular weight is 486 g/mol. The standard InChI is InChI=1S/C25H25F3N4O3/c26-25(27,28)18-3-1-4-19(13-18)32-22(16-6-7-16)21(15-30-32)24(34)31-10-8-17(9-11-31)23(33)29-14-20-5-2-12-35-20/h1-5,12-13,15-17H,6-11,14H2,(H,29,33). The van der Waals surface area contributed by atoms with E-state index in [4.69, 9.17) is 4.42 Å². The zero-order valence-electron chi connectivity index (χ0n) is 18.9. The van der Waals surface area contributed by atoms with Gasteiger partial charge in [-0.3, -0.25) is 9.59 Å². The topological polar surface area (TPSA) is 80.4 Å². The van der Waals surface area contributed by atoms with Crippen molar-refractivity contribution in [3.8, 4) is 5.69 Å². The normalized spacial score (nSPS) is 16.9. The third kappa shape index (κ3) is 4.96. The van der Waals surface area contributed by atoms with E-state index < -0.39 is 11.7 Å². The minimum atomic E-state index is -4.46. The molecule has 5 rings (SSSR count). The molecule has 2 aromatic heterocycles. The van der Waals surface area contributed by atoms with Crippen LogP contribution in [0.5, 0.6) is 0 Å². The first kappa shape index (κ1) is 23.2. The molecule has 3 heterocycles. The van der Waals surface area contributed by atoms with E-state index in [0.717, 1.165) is 25.0 Å². The summed E-state index contributed by atoms with van der Waals surface area (Å²) in [5, 5.41) is 7.18. The molecular formula is C25H25F3N4O3. The van der Waals surface area contributed by atoms with Crippen LogP contribution in [0.25, 0.3) is 5.69 Å². The zero-order valence-corrected chi connectivity index (χ0v) is 18.9. The molecule has 0 unspecified atom stereocenters. The molecule has 0 bridgehead atoms. The fourth-order valence-corrected chi connectivity index (χ4v) is 4.54. The fraction of sp³-hybridized carbons (Fsp3) is 0.400. The summed E-state index contributed by atoms with van der Waals surface area (Å²) in [7, 11) is 0. The Morgan fingerprint density at radius 1 is 1.09 bits per heavy atom. The van der Waals surface area contributed by atoms with E-state index >= 15 is 0 Å². The van der Waals surface area contributed by atoms with Gasteiger partial charge >= 0.3 is 6.18 Å². The van der Waals surface area contributed by atoms with Gasteiger partial charge in [0.25, 0.3) is 5.91 Å². The van der Waals surface area contributed by atoms with Gasteiger partial charge in [-0.2, -0.15) is 18.3 Å². The highest BCUT2D eigenvalue weighted by Crippen LogP contribution is 2.43. The Morgan fingerprint density at radius 3 is 2.51 bits per heavy atom. The molecule has 1 aromatic carbocycles. The van der Waals surface area contributed by atoms with Gasteiger partial charge < -0.3 is 14.6 Å². The molecule has 2 aliphatic rings. The van der Waals surface area contributed by atoms with Crippen LogP contribution < -0.4 is 5.32 Å². The molecule has 2 amide bonds. The third-order valence-electron chi connectivity index (χ3n) is 6.59. The number of aromatic nitrogens is 2. The monoisotopic (exact) mass is 486 g/mol. The smallest absolute Gasteiger partial charge is 0.416 e. The Balaban J connectivity index is 1.28. The van der Waals surface area contributed by atoms with Gasteiger partial charge in [0.15, 0.2) is 0 Å². The predicted octanol–water partition coefficient (Wildman–Crippen LogP) is 4.53. The maximum absolute atomic E-state index is 13.4. The lowest BCUT2D eigenvalue weighted by molar-refractivity contribution is -0.137. The van der Waals surface area contributed by atoms with Crippen LogP contribution in [0.3, 0.4) is 0 Å². The molecule has 1 aliphatic carbocycles. The number of carbonyl (C=O) groups is 2. The molecule has 35 heavy (non-hydrogen) atoms. The highest BCUT2D eigenvalue weighted by Gasteiger charge is 2.36. The van der Waals surface area contributed by atoms with Crippen molar-refractivity contribution in [2.24, 2.45) is 5.92 Å². The molecule has 2 fully saturated rings. The van der Waals surface area contributed by atoms with Crippen molar-refractivity contribution < 1.29 is 27.2 Å². The number of alkyl halides is 3. The number of rotatable bonds is 6. The van der Waals surface area contributed by atoms with E-state index in [1.54, 1.807) is 29.4 Å². The summed E-state index contributed by atoms with van der Waals surface area (Å²) in [4.78, 5) is 27.6. The summed E-state index contributed by atoms with van der Waals surface area (Å²) in [6, 6.07) is 8.54. The van der Waals surface area contributed by atoms with Crippen molar-refractivity contribution >= 4 is 11.8 Å². The van der Waals surface area contributed by atoms with Crippen molar-refractivity contribution in [3.05, 3.63) is 71.4 Å². The molecule has 7 nitrogen and oxygen atoms in total. The number of furan rings is 1. The zero-order chi connectivity index (χ0) is 24.6. The number of nitrogens with zero attached hydrogens (tertiary/aromatic N) is 3. The first-order valence-electron chi connectivity index (χ1n) is 11.7. The van der Waals surface area contributed by atoms with Crippen molar-refractivity contribution in [2.75, 3.05) is 13.1 Å². The Kier molecular flexibility index (Phi) is 6.12. The summed E-state index contributed by atoms with van der Waals surface area (Å²) in [5.41, 5.74) is 0.610. The molecule has 0 spiro atoms. The Hall–Kier alpha value is -3.56. The number of likely N-dealkylation sites (tertiary alicyclic amines) is 1. The van der Waals surface area contributed by atoms with Crippen molar-refractivity contribution in [2.45, 2.75) is 44.3 Å². The number of hydrogen-bond donors (Lipinski definition) is 1. The van der Waals surface area contributed by atoms with Crippen LogP contribution in [0.15, 0.2) is 53.3 Å². The summed E-state index contributed by atoms with van der Waals surface area (Å²) in [6.45, 7) is 1.18. The van der Waals surface area contributed by atoms with Gasteiger partial charge in [0.05, 0.1) is 41.5 Å². The molecule has 0 atom stereocenters. The fourth-order valence-electron chi connectivity index (χ4n) is 4.54. The molecule has 1 saturated heterocycles. The number of amides is 2. The first-order chi connectivity index (χ1) is 16.8. The molecule has 0 radical (unpaired) electrons. The van der Waals surface area contributed by atoms with Gasteiger partial charge in [0.1, 0.15) is 5.76 Å². The maximum Gasteiger partial charge on any atom is 0.416 e. The predicted molar refractivity (Wildman–Crippen MR) is 120 cm³/mol. The maximum atomic E-state index is 13.4. The van der Waals surface area contributed by atoms with Crippen molar-refractivity contribution in [1.82, 2.24) is 20.0 Å². The van der Waals surface area contributed by atoms with E-state index in [-0.39, 0.29) is 29.3 Å². The molecular weight excluding hydrogens is 461 g/mol. The molecule has 1 saturated carbocycles. The Labute approximate surface area is 199 Å². The number of carbonyl (C=O) groups excluding carboxylic acids is 2. The average Bonchev–Trinajstić information content (AvgIpc) is 3.37. The largest absolute Gasteiger partial charge is 0.467 e. The molecule has 3 aromatic rings.